The Hall–Kier alpha value is -3.01. The number of nitrogens with zero attached hydrogens (tertiary/aromatic N) is 2. The highest BCUT2D eigenvalue weighted by Gasteiger charge is 2.50. The highest BCUT2D eigenvalue weighted by molar-refractivity contribution is 6.46. The van der Waals surface area contributed by atoms with E-state index in [1.165, 1.54) is 25.0 Å². The molecule has 4 rings (SSSR count). The van der Waals surface area contributed by atoms with Crippen LogP contribution in [0.25, 0.3) is 0 Å². The number of benzene rings is 2. The van der Waals surface area contributed by atoms with Gasteiger partial charge in [0.05, 0.1) is 0 Å². The van der Waals surface area contributed by atoms with Crippen LogP contribution in [0, 0.1) is 0 Å². The lowest BCUT2D eigenvalue weighted by Gasteiger charge is -2.45. The van der Waals surface area contributed by atoms with E-state index < -0.39 is 39.9 Å². The number of rotatable bonds is 5. The maximum Gasteiger partial charge on any atom is 0.349 e. The van der Waals surface area contributed by atoms with E-state index in [0.717, 1.165) is 16.9 Å². The fourth-order valence-corrected chi connectivity index (χ4v) is 5.09. The number of amides is 4. The third-order valence-electron chi connectivity index (χ3n) is 7.17. The summed E-state index contributed by atoms with van der Waals surface area (Å²) in [6, 6.07) is 8.81. The van der Waals surface area contributed by atoms with E-state index in [1.807, 2.05) is 0 Å². The summed E-state index contributed by atoms with van der Waals surface area (Å²) in [6.07, 6.45) is 0.117. The molecule has 15 heteroatoms. The Morgan fingerprint density at radius 2 is 1.65 bits per heavy atom. The number of alkyl halides is 2. The molecule has 1 N–H and O–H groups in total. The minimum atomic E-state index is -3.79. The second-order valence-corrected chi connectivity index (χ2v) is 11.3. The SMILES string of the molecule is BN1C(=O)CC(B)(B)C(N2Cc3cc(C(B)(B)NC(=O)C(F)(F)c4ccc(Cl)cc4)ccc3C2=O)C1=O. The van der Waals surface area contributed by atoms with Crippen LogP contribution in [0.2, 0.25) is 10.2 Å². The van der Waals surface area contributed by atoms with Gasteiger partial charge in [-0.1, -0.05) is 35.9 Å². The quantitative estimate of drug-likeness (QED) is 0.353. The van der Waals surface area contributed by atoms with Crippen molar-refractivity contribution in [2.24, 2.45) is 0 Å². The molecule has 2 heterocycles. The van der Waals surface area contributed by atoms with Crippen molar-refractivity contribution in [3.8, 4) is 0 Å². The number of carbonyl (C=O) groups is 4. The van der Waals surface area contributed by atoms with Crippen molar-refractivity contribution in [1.82, 2.24) is 15.0 Å². The molecule has 2 aromatic rings. The zero-order chi connectivity index (χ0) is 27.5. The maximum absolute atomic E-state index is 14.9. The largest absolute Gasteiger partial charge is 0.357 e. The van der Waals surface area contributed by atoms with Crippen molar-refractivity contribution in [2.75, 3.05) is 0 Å². The molecule has 1 fully saturated rings. The van der Waals surface area contributed by atoms with Gasteiger partial charge < -0.3 is 15.0 Å². The molecular formula is C22H23B5ClF2N3O4. The maximum atomic E-state index is 14.9. The third kappa shape index (κ3) is 4.71. The molecule has 0 aliphatic carbocycles. The van der Waals surface area contributed by atoms with Gasteiger partial charge in [-0.3, -0.25) is 19.2 Å². The number of nitrogens with one attached hydrogen (secondary N) is 1. The Morgan fingerprint density at radius 3 is 2.27 bits per heavy atom. The van der Waals surface area contributed by atoms with E-state index in [2.05, 4.69) is 5.32 Å². The van der Waals surface area contributed by atoms with Crippen LogP contribution < -0.4 is 5.32 Å². The topological polar surface area (TPSA) is 86.8 Å². The first kappa shape index (κ1) is 27.0. The Kier molecular flexibility index (Phi) is 6.63. The molecule has 0 spiro atoms. The number of hydrogen-bond acceptors (Lipinski definition) is 4. The van der Waals surface area contributed by atoms with Gasteiger partial charge in [-0.25, -0.2) is 0 Å². The van der Waals surface area contributed by atoms with Gasteiger partial charge in [0.2, 0.25) is 19.8 Å². The molecule has 0 bridgehead atoms. The average molecular weight is 521 g/mol. The zero-order valence-electron chi connectivity index (χ0n) is 21.2. The van der Waals surface area contributed by atoms with Crippen molar-refractivity contribution in [2.45, 2.75) is 35.5 Å². The molecule has 0 radical (unpaired) electrons. The van der Waals surface area contributed by atoms with E-state index in [9.17, 15) is 28.0 Å². The summed E-state index contributed by atoms with van der Waals surface area (Å²) in [5.74, 6) is -6.35. The average Bonchev–Trinajstić information content (AvgIpc) is 3.12. The summed E-state index contributed by atoms with van der Waals surface area (Å²) < 4.78 is 29.7. The van der Waals surface area contributed by atoms with Crippen LogP contribution in [0.3, 0.4) is 0 Å². The molecule has 4 amide bonds. The number of imide groups is 1. The van der Waals surface area contributed by atoms with Gasteiger partial charge in [-0.2, -0.15) is 8.78 Å². The van der Waals surface area contributed by atoms with Crippen LogP contribution in [0.1, 0.15) is 33.5 Å². The van der Waals surface area contributed by atoms with Gasteiger partial charge >= 0.3 is 5.92 Å². The smallest absolute Gasteiger partial charge is 0.349 e. The van der Waals surface area contributed by atoms with E-state index in [0.29, 0.717) is 16.7 Å². The van der Waals surface area contributed by atoms with Crippen LogP contribution >= 0.6 is 11.6 Å². The van der Waals surface area contributed by atoms with Crippen molar-refractivity contribution >= 4 is 74.6 Å². The molecule has 1 atom stereocenters. The number of fused-ring (bicyclic) bond motifs is 1. The van der Waals surface area contributed by atoms with Crippen LogP contribution in [0.5, 0.6) is 0 Å². The number of hydrogen-bond donors (Lipinski definition) is 1. The molecule has 1 saturated heterocycles. The number of piperidine rings is 1. The molecule has 0 aromatic heterocycles. The molecule has 0 saturated carbocycles. The predicted molar refractivity (Wildman–Crippen MR) is 147 cm³/mol. The molecule has 1 unspecified atom stereocenters. The van der Waals surface area contributed by atoms with Crippen molar-refractivity contribution in [1.29, 1.82) is 0 Å². The van der Waals surface area contributed by atoms with Gasteiger partial charge in [-0.05, 0) is 34.5 Å². The predicted octanol–water partition coefficient (Wildman–Crippen LogP) is -2.36. The highest BCUT2D eigenvalue weighted by Crippen LogP contribution is 2.40. The lowest BCUT2D eigenvalue weighted by molar-refractivity contribution is -0.148. The standard InChI is InChI=1S/C22H23B5ClF2N3O4/c23-20(24)8-15(34)33(27)18(36)16(20)32-9-10-7-12(3-6-14(10)17(32)35)22(25,26)31-19(37)21(29,30)11-1-4-13(28)5-2-11/h1-7,16H,8-9,23-27H2,(H,31,37). The molecular weight excluding hydrogens is 498 g/mol. The van der Waals surface area contributed by atoms with Gasteiger partial charge in [0.25, 0.3) is 11.8 Å². The molecule has 7 nitrogen and oxygen atoms in total. The van der Waals surface area contributed by atoms with E-state index in [-0.39, 0.29) is 29.8 Å². The molecule has 2 aliphatic rings. The molecule has 37 heavy (non-hydrogen) atoms. The summed E-state index contributed by atoms with van der Waals surface area (Å²) in [5.41, 5.74) is 1.03. The summed E-state index contributed by atoms with van der Waals surface area (Å²) in [6.45, 7) is 0.120. The van der Waals surface area contributed by atoms with Crippen LogP contribution in [-0.2, 0) is 32.2 Å². The lowest BCUT2D eigenvalue weighted by atomic mass is 9.47. The first-order chi connectivity index (χ1) is 17.1. The molecule has 2 aromatic carbocycles. The summed E-state index contributed by atoms with van der Waals surface area (Å²) >= 11 is 5.77. The fourth-order valence-electron chi connectivity index (χ4n) is 4.97. The number of halogens is 3. The normalized spacial score (nSPS) is 19.6. The Balaban J connectivity index is 1.58. The second-order valence-electron chi connectivity index (χ2n) is 10.8. The summed E-state index contributed by atoms with van der Waals surface area (Å²) in [4.78, 5) is 53.6. The third-order valence-corrected chi connectivity index (χ3v) is 7.43. The monoisotopic (exact) mass is 521 g/mol. The fraction of sp³-hybridized carbons (Fsp3) is 0.273. The van der Waals surface area contributed by atoms with Gasteiger partial charge in [0.1, 0.15) is 37.4 Å². The summed E-state index contributed by atoms with van der Waals surface area (Å²) in [5, 5.41) is 0.726. The van der Waals surface area contributed by atoms with Crippen molar-refractivity contribution < 1.29 is 28.0 Å². The van der Waals surface area contributed by atoms with E-state index in [4.69, 9.17) is 11.6 Å². The molecule has 186 valence electrons. The Morgan fingerprint density at radius 1 is 1.05 bits per heavy atom. The number of carbonyl (C=O) groups excluding carboxylic acids is 4. The zero-order valence-corrected chi connectivity index (χ0v) is 22.0. The first-order valence-electron chi connectivity index (χ1n) is 11.8. The lowest BCUT2D eigenvalue weighted by Crippen LogP contribution is -2.60. The van der Waals surface area contributed by atoms with Crippen LogP contribution in [-0.4, -0.2) is 78.7 Å². The Labute approximate surface area is 222 Å². The van der Waals surface area contributed by atoms with Gasteiger partial charge in [-0.15, -0.1) is 0 Å². The Bertz CT molecular complexity index is 1330. The van der Waals surface area contributed by atoms with E-state index in [1.54, 1.807) is 49.6 Å². The summed E-state index contributed by atoms with van der Waals surface area (Å²) in [7, 11) is 8.15. The van der Waals surface area contributed by atoms with Crippen LogP contribution in [0.15, 0.2) is 42.5 Å². The van der Waals surface area contributed by atoms with Gasteiger partial charge in [0, 0.05) is 34.5 Å². The van der Waals surface area contributed by atoms with Gasteiger partial charge in [0.15, 0.2) is 0 Å². The highest BCUT2D eigenvalue weighted by atomic mass is 35.5. The van der Waals surface area contributed by atoms with Crippen LogP contribution in [0.4, 0.5) is 8.78 Å². The van der Waals surface area contributed by atoms with Crippen molar-refractivity contribution in [3.63, 3.8) is 0 Å². The van der Waals surface area contributed by atoms with E-state index >= 15 is 0 Å². The molecule has 2 aliphatic heterocycles. The van der Waals surface area contributed by atoms with Crippen molar-refractivity contribution in [3.05, 3.63) is 69.7 Å². The minimum Gasteiger partial charge on any atom is -0.357 e. The minimum absolute atomic E-state index is 0.117. The second kappa shape index (κ2) is 9.08. The first-order valence-corrected chi connectivity index (χ1v) is 12.2.